The van der Waals surface area contributed by atoms with Gasteiger partial charge in [0.2, 0.25) is 0 Å². The van der Waals surface area contributed by atoms with Crippen molar-refractivity contribution in [3.63, 3.8) is 0 Å². The number of nitrogens with zero attached hydrogens (tertiary/aromatic N) is 2. The van der Waals surface area contributed by atoms with Gasteiger partial charge in [0, 0.05) is 24.0 Å². The summed E-state index contributed by atoms with van der Waals surface area (Å²) in [5.74, 6) is 0.879. The van der Waals surface area contributed by atoms with E-state index in [0.717, 1.165) is 45.1 Å². The molecule has 0 spiro atoms. The van der Waals surface area contributed by atoms with Gasteiger partial charge in [0.05, 0.1) is 0 Å². The zero-order valence-corrected chi connectivity index (χ0v) is 16.4. The average Bonchev–Trinajstić information content (AvgIpc) is 3.08. The molecule has 2 amide bonds. The van der Waals surface area contributed by atoms with Crippen molar-refractivity contribution in [3.05, 3.63) is 83.6 Å². The van der Waals surface area contributed by atoms with Gasteiger partial charge in [0.25, 0.3) is 0 Å². The van der Waals surface area contributed by atoms with Gasteiger partial charge in [-0.05, 0) is 42.7 Å². The number of amides is 2. The second-order valence-corrected chi connectivity index (χ2v) is 7.00. The van der Waals surface area contributed by atoms with E-state index in [1.165, 1.54) is 0 Å². The fraction of sp³-hybridized carbons (Fsp3) is 0.130. The molecule has 0 saturated carbocycles. The quantitative estimate of drug-likeness (QED) is 0.472. The Morgan fingerprint density at radius 3 is 2.48 bits per heavy atom. The number of carbonyl (C=O) groups is 1. The Morgan fingerprint density at radius 2 is 1.72 bits per heavy atom. The molecule has 0 radical (unpaired) electrons. The highest BCUT2D eigenvalue weighted by Gasteiger charge is 2.18. The number of imidazole rings is 1. The first kappa shape index (κ1) is 18.6. The molecule has 0 aliphatic rings. The smallest absolute Gasteiger partial charge is 0.312 e. The summed E-state index contributed by atoms with van der Waals surface area (Å²) in [5, 5.41) is 6.29. The van der Waals surface area contributed by atoms with Crippen molar-refractivity contribution >= 4 is 23.2 Å². The first-order valence-electron chi connectivity index (χ1n) is 9.46. The lowest BCUT2D eigenvalue weighted by Crippen LogP contribution is -2.28. The van der Waals surface area contributed by atoms with Crippen LogP contribution in [0, 0.1) is 13.8 Å². The predicted octanol–water partition coefficient (Wildman–Crippen LogP) is 4.53. The highest BCUT2D eigenvalue weighted by atomic mass is 16.2. The molecule has 29 heavy (non-hydrogen) atoms. The summed E-state index contributed by atoms with van der Waals surface area (Å²) in [5.41, 5.74) is 12.2. The lowest BCUT2D eigenvalue weighted by molar-refractivity contribution is 0.248. The Hall–Kier alpha value is -3.80. The van der Waals surface area contributed by atoms with Crippen LogP contribution in [-0.4, -0.2) is 15.4 Å². The molecule has 0 unspecified atom stereocenters. The van der Waals surface area contributed by atoms with Gasteiger partial charge in [-0.25, -0.2) is 9.78 Å². The number of urea groups is 1. The molecule has 0 atom stereocenters. The van der Waals surface area contributed by atoms with Gasteiger partial charge in [-0.2, -0.15) is 0 Å². The van der Waals surface area contributed by atoms with Gasteiger partial charge in [-0.3, -0.25) is 4.40 Å². The topological polar surface area (TPSA) is 84.5 Å². The van der Waals surface area contributed by atoms with Gasteiger partial charge >= 0.3 is 6.03 Å². The Labute approximate surface area is 169 Å². The van der Waals surface area contributed by atoms with Crippen LogP contribution in [0.3, 0.4) is 0 Å². The number of para-hydroxylation sites is 1. The number of primary amides is 1. The van der Waals surface area contributed by atoms with E-state index in [4.69, 9.17) is 10.7 Å². The van der Waals surface area contributed by atoms with Gasteiger partial charge in [-0.15, -0.1) is 0 Å². The molecule has 0 aliphatic heterocycles. The largest absolute Gasteiger partial charge is 0.352 e. The molecule has 2 heterocycles. The molecule has 2 aromatic heterocycles. The fourth-order valence-corrected chi connectivity index (χ4v) is 3.52. The predicted molar refractivity (Wildman–Crippen MR) is 116 cm³/mol. The van der Waals surface area contributed by atoms with Crippen LogP contribution < -0.4 is 16.4 Å². The number of anilines is 2. The van der Waals surface area contributed by atoms with Crippen LogP contribution in [0.25, 0.3) is 16.9 Å². The van der Waals surface area contributed by atoms with Crippen molar-refractivity contribution in [3.8, 4) is 11.3 Å². The molecular formula is C23H23N5O. The van der Waals surface area contributed by atoms with Crippen LogP contribution in [-0.2, 0) is 6.54 Å². The van der Waals surface area contributed by atoms with E-state index in [9.17, 15) is 4.79 Å². The van der Waals surface area contributed by atoms with Crippen molar-refractivity contribution < 1.29 is 4.79 Å². The summed E-state index contributed by atoms with van der Waals surface area (Å²) in [6, 6.07) is 19.5. The Morgan fingerprint density at radius 1 is 1.00 bits per heavy atom. The molecule has 6 heteroatoms. The number of pyridine rings is 1. The maximum atomic E-state index is 11.2. The second-order valence-electron chi connectivity index (χ2n) is 7.00. The maximum Gasteiger partial charge on any atom is 0.312 e. The third-order valence-electron chi connectivity index (χ3n) is 4.98. The number of rotatable bonds is 5. The lowest BCUT2D eigenvalue weighted by atomic mass is 10.0. The third-order valence-corrected chi connectivity index (χ3v) is 4.98. The number of aromatic nitrogens is 2. The number of carbonyl (C=O) groups excluding carboxylic acids is 1. The van der Waals surface area contributed by atoms with Crippen LogP contribution >= 0.6 is 0 Å². The molecule has 4 aromatic rings. The fourth-order valence-electron chi connectivity index (χ4n) is 3.52. The van der Waals surface area contributed by atoms with Crippen molar-refractivity contribution in [2.45, 2.75) is 20.4 Å². The van der Waals surface area contributed by atoms with Gasteiger partial charge < -0.3 is 16.4 Å². The summed E-state index contributed by atoms with van der Waals surface area (Å²) in [7, 11) is 0. The number of benzene rings is 2. The molecule has 6 nitrogen and oxygen atoms in total. The van der Waals surface area contributed by atoms with Crippen molar-refractivity contribution in [1.82, 2.24) is 14.7 Å². The number of nitrogens with two attached hydrogens (primary N) is 1. The van der Waals surface area contributed by atoms with Gasteiger partial charge in [-0.1, -0.05) is 48.5 Å². The standard InChI is InChI=1S/C23H23N5O/c1-15-8-7-9-16(2)20(15)27-22-21(26-19-12-5-6-13-28(19)22)18-11-4-3-10-17(18)14-25-23(24)29/h3-13,27H,14H2,1-2H3,(H3,24,25,29). The molecule has 0 bridgehead atoms. The zero-order chi connectivity index (χ0) is 20.4. The molecule has 2 aromatic carbocycles. The highest BCUT2D eigenvalue weighted by molar-refractivity contribution is 5.82. The minimum Gasteiger partial charge on any atom is -0.352 e. The first-order valence-corrected chi connectivity index (χ1v) is 9.46. The number of hydrogen-bond donors (Lipinski definition) is 3. The summed E-state index contributed by atoms with van der Waals surface area (Å²) in [6.07, 6.45) is 1.99. The van der Waals surface area contributed by atoms with Crippen molar-refractivity contribution in [2.75, 3.05) is 5.32 Å². The lowest BCUT2D eigenvalue weighted by Gasteiger charge is -2.15. The molecule has 4 N–H and O–H groups in total. The van der Waals surface area contributed by atoms with E-state index in [2.05, 4.69) is 42.7 Å². The van der Waals surface area contributed by atoms with Crippen molar-refractivity contribution in [1.29, 1.82) is 0 Å². The number of nitrogens with one attached hydrogen (secondary N) is 2. The minimum atomic E-state index is -0.552. The summed E-state index contributed by atoms with van der Waals surface area (Å²) >= 11 is 0. The van der Waals surface area contributed by atoms with Crippen LogP contribution in [0.1, 0.15) is 16.7 Å². The molecule has 0 aliphatic carbocycles. The number of aryl methyl sites for hydroxylation is 2. The van der Waals surface area contributed by atoms with E-state index < -0.39 is 6.03 Å². The first-order chi connectivity index (χ1) is 14.0. The summed E-state index contributed by atoms with van der Waals surface area (Å²) in [4.78, 5) is 16.1. The monoisotopic (exact) mass is 385 g/mol. The molecule has 4 rings (SSSR count). The molecular weight excluding hydrogens is 362 g/mol. The Balaban J connectivity index is 1.88. The van der Waals surface area contributed by atoms with E-state index in [1.807, 2.05) is 53.1 Å². The Bertz CT molecular complexity index is 1170. The van der Waals surface area contributed by atoms with Gasteiger partial charge in [0.1, 0.15) is 17.2 Å². The van der Waals surface area contributed by atoms with E-state index in [0.29, 0.717) is 6.54 Å². The summed E-state index contributed by atoms with van der Waals surface area (Å²) in [6.45, 7) is 4.51. The van der Waals surface area contributed by atoms with Crippen LogP contribution in [0.2, 0.25) is 0 Å². The second kappa shape index (κ2) is 7.67. The van der Waals surface area contributed by atoms with Crippen LogP contribution in [0.4, 0.5) is 16.3 Å². The van der Waals surface area contributed by atoms with E-state index in [-0.39, 0.29) is 0 Å². The highest BCUT2D eigenvalue weighted by Crippen LogP contribution is 2.34. The van der Waals surface area contributed by atoms with E-state index >= 15 is 0 Å². The Kier molecular flexibility index (Phi) is 4.91. The summed E-state index contributed by atoms with van der Waals surface area (Å²) < 4.78 is 2.04. The molecule has 0 saturated heterocycles. The van der Waals surface area contributed by atoms with Crippen molar-refractivity contribution in [2.24, 2.45) is 5.73 Å². The number of fused-ring (bicyclic) bond motifs is 1. The normalized spacial score (nSPS) is 10.8. The van der Waals surface area contributed by atoms with Crippen LogP contribution in [0.5, 0.6) is 0 Å². The van der Waals surface area contributed by atoms with E-state index in [1.54, 1.807) is 0 Å². The number of hydrogen-bond acceptors (Lipinski definition) is 3. The van der Waals surface area contributed by atoms with Gasteiger partial charge in [0.15, 0.2) is 0 Å². The zero-order valence-electron chi connectivity index (χ0n) is 16.4. The van der Waals surface area contributed by atoms with Crippen LogP contribution in [0.15, 0.2) is 66.9 Å². The molecule has 146 valence electrons. The SMILES string of the molecule is Cc1cccc(C)c1Nc1c(-c2ccccc2CNC(N)=O)nc2ccccn12. The minimum absolute atomic E-state index is 0.336. The third kappa shape index (κ3) is 3.65. The average molecular weight is 385 g/mol. The molecule has 0 fully saturated rings. The maximum absolute atomic E-state index is 11.2.